The van der Waals surface area contributed by atoms with Crippen molar-refractivity contribution in [3.63, 3.8) is 0 Å². The first kappa shape index (κ1) is 24.9. The number of thioether (sulfide) groups is 1. The van der Waals surface area contributed by atoms with Crippen molar-refractivity contribution < 1.29 is 14.3 Å². The first-order chi connectivity index (χ1) is 17.4. The van der Waals surface area contributed by atoms with Gasteiger partial charge >= 0.3 is 0 Å². The molecule has 0 spiro atoms. The Hall–Kier alpha value is -4.24. The Labute approximate surface area is 213 Å². The minimum absolute atomic E-state index is 0.142. The van der Waals surface area contributed by atoms with Gasteiger partial charge in [0, 0.05) is 35.0 Å². The molecule has 0 fully saturated rings. The van der Waals surface area contributed by atoms with Gasteiger partial charge in [-0.1, -0.05) is 36.0 Å². The molecule has 2 aromatic carbocycles. The molecule has 0 saturated carbocycles. The van der Waals surface area contributed by atoms with Crippen LogP contribution in [0.3, 0.4) is 0 Å². The summed E-state index contributed by atoms with van der Waals surface area (Å²) in [7, 11) is 0. The Morgan fingerprint density at radius 2 is 1.61 bits per heavy atom. The summed E-state index contributed by atoms with van der Waals surface area (Å²) in [6.45, 7) is 4.11. The highest BCUT2D eigenvalue weighted by Crippen LogP contribution is 2.21. The van der Waals surface area contributed by atoms with Crippen molar-refractivity contribution in [2.75, 3.05) is 16.4 Å². The number of carbonyl (C=O) groups excluding carboxylic acids is 2. The maximum atomic E-state index is 12.4. The van der Waals surface area contributed by atoms with Gasteiger partial charge < -0.3 is 15.4 Å². The molecule has 0 saturated heterocycles. The molecule has 182 valence electrons. The van der Waals surface area contributed by atoms with Crippen molar-refractivity contribution in [2.45, 2.75) is 25.6 Å². The fourth-order valence-corrected chi connectivity index (χ4v) is 4.10. The first-order valence-electron chi connectivity index (χ1n) is 11.2. The van der Waals surface area contributed by atoms with E-state index in [2.05, 4.69) is 25.6 Å². The molecular formula is C27H25N5O3S. The normalized spacial score (nSPS) is 10.5. The molecule has 2 amide bonds. The van der Waals surface area contributed by atoms with Crippen molar-refractivity contribution in [2.24, 2.45) is 0 Å². The molecule has 4 rings (SSSR count). The van der Waals surface area contributed by atoms with Crippen LogP contribution >= 0.6 is 11.8 Å². The molecule has 0 aliphatic rings. The molecule has 36 heavy (non-hydrogen) atoms. The number of amides is 2. The van der Waals surface area contributed by atoms with E-state index >= 15 is 0 Å². The number of aromatic nitrogens is 3. The summed E-state index contributed by atoms with van der Waals surface area (Å²) < 4.78 is 5.91. The van der Waals surface area contributed by atoms with Crippen LogP contribution in [0.1, 0.15) is 27.4 Å². The lowest BCUT2D eigenvalue weighted by atomic mass is 10.2. The van der Waals surface area contributed by atoms with Crippen molar-refractivity contribution in [3.8, 4) is 5.75 Å². The van der Waals surface area contributed by atoms with Crippen LogP contribution in [-0.4, -0.2) is 32.5 Å². The molecule has 2 aromatic heterocycles. The van der Waals surface area contributed by atoms with Gasteiger partial charge in [0.05, 0.1) is 5.75 Å². The number of anilines is 2. The molecule has 8 nitrogen and oxygen atoms in total. The zero-order valence-corrected chi connectivity index (χ0v) is 20.7. The van der Waals surface area contributed by atoms with Gasteiger partial charge in [0.2, 0.25) is 5.91 Å². The number of nitrogens with one attached hydrogen (secondary N) is 2. The fourth-order valence-electron chi connectivity index (χ4n) is 3.35. The third-order valence-corrected chi connectivity index (χ3v) is 5.75. The van der Waals surface area contributed by atoms with Crippen LogP contribution in [0.25, 0.3) is 0 Å². The number of carbonyl (C=O) groups is 2. The Morgan fingerprint density at radius 1 is 0.861 bits per heavy atom. The van der Waals surface area contributed by atoms with Crippen LogP contribution in [0.15, 0.2) is 84.1 Å². The summed E-state index contributed by atoms with van der Waals surface area (Å²) in [5.74, 6) is 0.379. The zero-order chi connectivity index (χ0) is 25.3. The van der Waals surface area contributed by atoms with E-state index in [1.807, 2.05) is 50.2 Å². The van der Waals surface area contributed by atoms with Crippen LogP contribution < -0.4 is 15.4 Å². The predicted molar refractivity (Wildman–Crippen MR) is 140 cm³/mol. The number of hydrogen-bond donors (Lipinski definition) is 2. The topological polar surface area (TPSA) is 106 Å². The Bertz CT molecular complexity index is 1340. The lowest BCUT2D eigenvalue weighted by Crippen LogP contribution is -2.14. The molecule has 9 heteroatoms. The SMILES string of the molecule is Cc1cc(C)nc(SCC(=O)Nc2cccc(COc3cccc(NC(=O)c4ccccn4)c3)c2)n1. The van der Waals surface area contributed by atoms with E-state index in [9.17, 15) is 9.59 Å². The highest BCUT2D eigenvalue weighted by molar-refractivity contribution is 7.99. The van der Waals surface area contributed by atoms with Gasteiger partial charge in [-0.2, -0.15) is 0 Å². The van der Waals surface area contributed by atoms with E-state index in [-0.39, 0.29) is 17.6 Å². The second kappa shape index (κ2) is 11.9. The third kappa shape index (κ3) is 7.38. The molecule has 2 heterocycles. The van der Waals surface area contributed by atoms with Crippen LogP contribution in [0, 0.1) is 13.8 Å². The fraction of sp³-hybridized carbons (Fsp3) is 0.148. The van der Waals surface area contributed by atoms with Crippen molar-refractivity contribution in [1.29, 1.82) is 0 Å². The van der Waals surface area contributed by atoms with E-state index in [1.54, 1.807) is 42.6 Å². The molecule has 0 atom stereocenters. The molecule has 0 radical (unpaired) electrons. The number of rotatable bonds is 9. The van der Waals surface area contributed by atoms with E-state index < -0.39 is 0 Å². The highest BCUT2D eigenvalue weighted by Gasteiger charge is 2.09. The summed E-state index contributed by atoms with van der Waals surface area (Å²) in [4.78, 5) is 37.5. The van der Waals surface area contributed by atoms with Crippen LogP contribution in [0.2, 0.25) is 0 Å². The largest absolute Gasteiger partial charge is 0.489 e. The minimum atomic E-state index is -0.293. The smallest absolute Gasteiger partial charge is 0.274 e. The van der Waals surface area contributed by atoms with E-state index in [0.717, 1.165) is 17.0 Å². The molecular weight excluding hydrogens is 474 g/mol. The van der Waals surface area contributed by atoms with Gasteiger partial charge in [-0.15, -0.1) is 0 Å². The number of pyridine rings is 1. The monoisotopic (exact) mass is 499 g/mol. The maximum absolute atomic E-state index is 12.4. The lowest BCUT2D eigenvalue weighted by molar-refractivity contribution is -0.113. The molecule has 4 aromatic rings. The van der Waals surface area contributed by atoms with Crippen LogP contribution in [0.5, 0.6) is 5.75 Å². The summed E-state index contributed by atoms with van der Waals surface area (Å²) >= 11 is 1.30. The van der Waals surface area contributed by atoms with Gasteiger partial charge in [0.1, 0.15) is 18.1 Å². The van der Waals surface area contributed by atoms with Crippen molar-refractivity contribution >= 4 is 35.0 Å². The highest BCUT2D eigenvalue weighted by atomic mass is 32.2. The van der Waals surface area contributed by atoms with E-state index in [0.29, 0.717) is 34.6 Å². The molecule has 2 N–H and O–H groups in total. The van der Waals surface area contributed by atoms with Crippen LogP contribution in [0.4, 0.5) is 11.4 Å². The second-order valence-corrected chi connectivity index (χ2v) is 8.90. The predicted octanol–water partition coefficient (Wildman–Crippen LogP) is 5.05. The van der Waals surface area contributed by atoms with Gasteiger partial charge in [-0.05, 0) is 61.9 Å². The number of aryl methyl sites for hydroxylation is 2. The number of ether oxygens (including phenoxy) is 1. The summed E-state index contributed by atoms with van der Waals surface area (Å²) in [6, 6.07) is 21.7. The van der Waals surface area contributed by atoms with Gasteiger partial charge in [-0.25, -0.2) is 9.97 Å². The summed E-state index contributed by atoms with van der Waals surface area (Å²) in [6.07, 6.45) is 1.57. The number of nitrogens with zero attached hydrogens (tertiary/aromatic N) is 3. The van der Waals surface area contributed by atoms with E-state index in [1.165, 1.54) is 11.8 Å². The van der Waals surface area contributed by atoms with Crippen molar-refractivity contribution in [3.05, 3.63) is 102 Å². The summed E-state index contributed by atoms with van der Waals surface area (Å²) in [5.41, 5.74) is 4.26. The van der Waals surface area contributed by atoms with Gasteiger partial charge in [0.25, 0.3) is 5.91 Å². The van der Waals surface area contributed by atoms with Gasteiger partial charge in [0.15, 0.2) is 5.16 Å². The Morgan fingerprint density at radius 3 is 2.36 bits per heavy atom. The minimum Gasteiger partial charge on any atom is -0.489 e. The zero-order valence-electron chi connectivity index (χ0n) is 19.9. The maximum Gasteiger partial charge on any atom is 0.274 e. The molecule has 0 unspecified atom stereocenters. The average Bonchev–Trinajstić information content (AvgIpc) is 2.87. The number of hydrogen-bond acceptors (Lipinski definition) is 7. The molecule has 0 aliphatic carbocycles. The Balaban J connectivity index is 1.30. The first-order valence-corrected chi connectivity index (χ1v) is 12.2. The van der Waals surface area contributed by atoms with E-state index in [4.69, 9.17) is 4.74 Å². The van der Waals surface area contributed by atoms with Crippen LogP contribution in [-0.2, 0) is 11.4 Å². The summed E-state index contributed by atoms with van der Waals surface area (Å²) in [5, 5.41) is 6.31. The standard InChI is InChI=1S/C27H25N5O3S/c1-18-13-19(2)30-27(29-18)36-17-25(33)31-21-8-5-7-20(14-21)16-35-23-10-6-9-22(15-23)32-26(34)24-11-3-4-12-28-24/h3-15H,16-17H2,1-2H3,(H,31,33)(H,32,34). The Kier molecular flexibility index (Phi) is 8.25. The second-order valence-electron chi connectivity index (χ2n) is 7.96. The quantitative estimate of drug-likeness (QED) is 0.245. The number of benzene rings is 2. The van der Waals surface area contributed by atoms with Gasteiger partial charge in [-0.3, -0.25) is 14.6 Å². The molecule has 0 bridgehead atoms. The lowest BCUT2D eigenvalue weighted by Gasteiger charge is -2.11. The molecule has 0 aliphatic heterocycles. The average molecular weight is 500 g/mol. The third-order valence-electron chi connectivity index (χ3n) is 4.90. The van der Waals surface area contributed by atoms with Crippen molar-refractivity contribution in [1.82, 2.24) is 15.0 Å².